The second-order valence-electron chi connectivity index (χ2n) is 5.79. The van der Waals surface area contributed by atoms with E-state index < -0.39 is 0 Å². The molecule has 2 atom stereocenters. The fourth-order valence-electron chi connectivity index (χ4n) is 3.44. The van der Waals surface area contributed by atoms with E-state index >= 15 is 0 Å². The van der Waals surface area contributed by atoms with Crippen LogP contribution in [0.15, 0.2) is 18.2 Å². The second kappa shape index (κ2) is 4.53. The molecule has 2 fully saturated rings. The lowest BCUT2D eigenvalue weighted by molar-refractivity contribution is 0.0287. The minimum Gasteiger partial charge on any atom is -0.399 e. The number of nitrogen functional groups attached to an aromatic ring is 1. The van der Waals surface area contributed by atoms with E-state index in [2.05, 4.69) is 0 Å². The first-order valence-electron chi connectivity index (χ1n) is 6.93. The Morgan fingerprint density at radius 2 is 1.95 bits per heavy atom. The van der Waals surface area contributed by atoms with Gasteiger partial charge in [0, 0.05) is 23.3 Å². The smallest absolute Gasteiger partial charge is 0.254 e. The van der Waals surface area contributed by atoms with Crippen LogP contribution in [-0.4, -0.2) is 34.1 Å². The Balaban J connectivity index is 1.86. The Kier molecular flexibility index (Phi) is 2.97. The normalized spacial score (nSPS) is 29.6. The average Bonchev–Trinajstić information content (AvgIpc) is 2.64. The summed E-state index contributed by atoms with van der Waals surface area (Å²) in [4.78, 5) is 14.6. The zero-order chi connectivity index (χ0) is 13.6. The molecular formula is C15H20N2O2. The van der Waals surface area contributed by atoms with E-state index in [0.717, 1.165) is 31.2 Å². The summed E-state index contributed by atoms with van der Waals surface area (Å²) in [5, 5.41) is 9.79. The van der Waals surface area contributed by atoms with Gasteiger partial charge in [0.25, 0.3) is 5.91 Å². The number of benzene rings is 1. The summed E-state index contributed by atoms with van der Waals surface area (Å²) in [6.45, 7) is 1.92. The first-order valence-corrected chi connectivity index (χ1v) is 6.93. The van der Waals surface area contributed by atoms with Gasteiger partial charge in [-0.05, 0) is 56.4 Å². The number of anilines is 1. The minimum absolute atomic E-state index is 0.0856. The highest BCUT2D eigenvalue weighted by Crippen LogP contribution is 2.36. The van der Waals surface area contributed by atoms with Crippen molar-refractivity contribution >= 4 is 11.6 Å². The number of hydrogen-bond acceptors (Lipinski definition) is 3. The van der Waals surface area contributed by atoms with Crippen LogP contribution in [0.1, 0.15) is 41.6 Å². The summed E-state index contributed by atoms with van der Waals surface area (Å²) in [6.07, 6.45) is 3.23. The number of carbonyl (C=O) groups excluding carboxylic acids is 1. The van der Waals surface area contributed by atoms with E-state index in [-0.39, 0.29) is 24.1 Å². The summed E-state index contributed by atoms with van der Waals surface area (Å²) in [7, 11) is 0. The molecule has 0 aliphatic carbocycles. The lowest BCUT2D eigenvalue weighted by Crippen LogP contribution is -2.48. The van der Waals surface area contributed by atoms with E-state index in [4.69, 9.17) is 5.73 Å². The minimum atomic E-state index is -0.241. The van der Waals surface area contributed by atoms with Gasteiger partial charge < -0.3 is 15.7 Å². The lowest BCUT2D eigenvalue weighted by Gasteiger charge is -2.37. The topological polar surface area (TPSA) is 66.6 Å². The number of piperidine rings is 1. The molecule has 102 valence electrons. The highest BCUT2D eigenvalue weighted by molar-refractivity contribution is 5.95. The standard InChI is InChI=1S/C15H20N2O2/c1-9-6-10(2-5-14(9)16)15(19)17-11-3-4-12(17)8-13(18)7-11/h2,5-6,11-13,18H,3-4,7-8,16H2,1H3. The van der Waals surface area contributed by atoms with E-state index in [0.29, 0.717) is 11.3 Å². The van der Waals surface area contributed by atoms with Crippen LogP contribution in [0.2, 0.25) is 0 Å². The van der Waals surface area contributed by atoms with Gasteiger partial charge in [-0.2, -0.15) is 0 Å². The molecule has 3 rings (SSSR count). The molecule has 2 aliphatic rings. The van der Waals surface area contributed by atoms with Crippen LogP contribution in [0.4, 0.5) is 5.69 Å². The van der Waals surface area contributed by atoms with Crippen molar-refractivity contribution in [3.8, 4) is 0 Å². The Bertz CT molecular complexity index is 501. The predicted molar refractivity (Wildman–Crippen MR) is 73.8 cm³/mol. The van der Waals surface area contributed by atoms with Crippen LogP contribution >= 0.6 is 0 Å². The van der Waals surface area contributed by atoms with Crippen LogP contribution in [0.5, 0.6) is 0 Å². The second-order valence-corrected chi connectivity index (χ2v) is 5.79. The van der Waals surface area contributed by atoms with Crippen molar-refractivity contribution in [1.29, 1.82) is 0 Å². The third-order valence-corrected chi connectivity index (χ3v) is 4.46. The number of aryl methyl sites for hydroxylation is 1. The zero-order valence-corrected chi connectivity index (χ0v) is 11.2. The number of nitrogens with two attached hydrogens (primary N) is 1. The van der Waals surface area contributed by atoms with Crippen LogP contribution in [0, 0.1) is 6.92 Å². The highest BCUT2D eigenvalue weighted by Gasteiger charge is 2.42. The summed E-state index contributed by atoms with van der Waals surface area (Å²) in [5.74, 6) is 0.0856. The summed E-state index contributed by atoms with van der Waals surface area (Å²) >= 11 is 0. The molecule has 1 aromatic rings. The molecule has 0 spiro atoms. The van der Waals surface area contributed by atoms with Crippen LogP contribution in [0.3, 0.4) is 0 Å². The van der Waals surface area contributed by atoms with Crippen molar-refractivity contribution in [3.63, 3.8) is 0 Å². The SMILES string of the molecule is Cc1cc(C(=O)N2C3CCC2CC(O)C3)ccc1N. The van der Waals surface area contributed by atoms with Gasteiger partial charge in [0.05, 0.1) is 6.10 Å². The molecule has 1 aromatic carbocycles. The van der Waals surface area contributed by atoms with Crippen molar-refractivity contribution in [1.82, 2.24) is 4.90 Å². The number of aliphatic hydroxyl groups excluding tert-OH is 1. The van der Waals surface area contributed by atoms with Crippen LogP contribution < -0.4 is 5.73 Å². The molecule has 2 unspecified atom stereocenters. The average molecular weight is 260 g/mol. The number of aliphatic hydroxyl groups is 1. The molecule has 1 amide bonds. The number of carbonyl (C=O) groups is 1. The summed E-state index contributed by atoms with van der Waals surface area (Å²) in [6, 6.07) is 5.87. The monoisotopic (exact) mass is 260 g/mol. The van der Waals surface area contributed by atoms with Gasteiger partial charge in [0.15, 0.2) is 0 Å². The van der Waals surface area contributed by atoms with E-state index in [9.17, 15) is 9.90 Å². The van der Waals surface area contributed by atoms with Crippen molar-refractivity contribution < 1.29 is 9.90 Å². The number of fused-ring (bicyclic) bond motifs is 2. The number of amides is 1. The van der Waals surface area contributed by atoms with Gasteiger partial charge in [-0.3, -0.25) is 4.79 Å². The van der Waals surface area contributed by atoms with Gasteiger partial charge in [0.2, 0.25) is 0 Å². The third-order valence-electron chi connectivity index (χ3n) is 4.46. The molecule has 0 radical (unpaired) electrons. The van der Waals surface area contributed by atoms with Gasteiger partial charge in [-0.1, -0.05) is 0 Å². The fraction of sp³-hybridized carbons (Fsp3) is 0.533. The maximum Gasteiger partial charge on any atom is 0.254 e. The van der Waals surface area contributed by atoms with Crippen LogP contribution in [-0.2, 0) is 0 Å². The highest BCUT2D eigenvalue weighted by atomic mass is 16.3. The van der Waals surface area contributed by atoms with E-state index in [1.807, 2.05) is 17.9 Å². The number of rotatable bonds is 1. The first kappa shape index (κ1) is 12.5. The first-order chi connectivity index (χ1) is 9.06. The molecular weight excluding hydrogens is 240 g/mol. The molecule has 0 aromatic heterocycles. The third kappa shape index (κ3) is 2.10. The molecule has 2 heterocycles. The van der Waals surface area contributed by atoms with Crippen LogP contribution in [0.25, 0.3) is 0 Å². The molecule has 0 saturated carbocycles. The van der Waals surface area contributed by atoms with Gasteiger partial charge in [0.1, 0.15) is 0 Å². The quantitative estimate of drug-likeness (QED) is 0.755. The molecule has 2 bridgehead atoms. The fourth-order valence-corrected chi connectivity index (χ4v) is 3.44. The van der Waals surface area contributed by atoms with Crippen molar-refractivity contribution in [2.75, 3.05) is 5.73 Å². The summed E-state index contributed by atoms with van der Waals surface area (Å²) in [5.41, 5.74) is 8.16. The van der Waals surface area contributed by atoms with E-state index in [1.54, 1.807) is 12.1 Å². The number of hydrogen-bond donors (Lipinski definition) is 2. The molecule has 19 heavy (non-hydrogen) atoms. The predicted octanol–water partition coefficient (Wildman–Crippen LogP) is 1.71. The molecule has 3 N–H and O–H groups in total. The molecule has 2 aliphatic heterocycles. The number of nitrogens with zero attached hydrogens (tertiary/aromatic N) is 1. The zero-order valence-electron chi connectivity index (χ0n) is 11.2. The van der Waals surface area contributed by atoms with Gasteiger partial charge >= 0.3 is 0 Å². The van der Waals surface area contributed by atoms with Crippen molar-refractivity contribution in [3.05, 3.63) is 29.3 Å². The maximum atomic E-state index is 12.6. The van der Waals surface area contributed by atoms with Crippen molar-refractivity contribution in [2.45, 2.75) is 50.8 Å². The van der Waals surface area contributed by atoms with Crippen molar-refractivity contribution in [2.24, 2.45) is 0 Å². The molecule has 2 saturated heterocycles. The van der Waals surface area contributed by atoms with Gasteiger partial charge in [-0.15, -0.1) is 0 Å². The Hall–Kier alpha value is -1.55. The maximum absolute atomic E-state index is 12.6. The van der Waals surface area contributed by atoms with E-state index in [1.165, 1.54) is 0 Å². The molecule has 4 nitrogen and oxygen atoms in total. The Labute approximate surface area is 113 Å². The lowest BCUT2D eigenvalue weighted by atomic mass is 9.98. The largest absolute Gasteiger partial charge is 0.399 e. The summed E-state index contributed by atoms with van der Waals surface area (Å²) < 4.78 is 0. The Morgan fingerprint density at radius 1 is 1.32 bits per heavy atom. The van der Waals surface area contributed by atoms with Gasteiger partial charge in [-0.25, -0.2) is 0 Å². The Morgan fingerprint density at radius 3 is 2.53 bits per heavy atom. The molecule has 4 heteroatoms.